The van der Waals surface area contributed by atoms with Crippen molar-refractivity contribution in [3.63, 3.8) is 0 Å². The van der Waals surface area contributed by atoms with Gasteiger partial charge in [0.15, 0.2) is 0 Å². The number of para-hydroxylation sites is 1. The van der Waals surface area contributed by atoms with E-state index in [-0.39, 0.29) is 12.0 Å². The van der Waals surface area contributed by atoms with Crippen LogP contribution in [0.1, 0.15) is 49.9 Å². The predicted octanol–water partition coefficient (Wildman–Crippen LogP) is 4.50. The van der Waals surface area contributed by atoms with Gasteiger partial charge in [0.2, 0.25) is 5.88 Å². The maximum atomic E-state index is 12.8. The van der Waals surface area contributed by atoms with Crippen LogP contribution in [0.25, 0.3) is 0 Å². The average Bonchev–Trinajstić information content (AvgIpc) is 2.69. The zero-order chi connectivity index (χ0) is 18.4. The number of hydrogen-bond donors (Lipinski definition) is 1. The van der Waals surface area contributed by atoms with Gasteiger partial charge in [-0.1, -0.05) is 25.1 Å². The molecule has 2 aromatic rings. The summed E-state index contributed by atoms with van der Waals surface area (Å²) in [7, 11) is 0. The highest BCUT2D eigenvalue weighted by Gasteiger charge is 2.18. The Balaban J connectivity index is 1.75. The van der Waals surface area contributed by atoms with Gasteiger partial charge in [0.05, 0.1) is 11.7 Å². The van der Waals surface area contributed by atoms with Crippen LogP contribution in [0.15, 0.2) is 42.5 Å². The minimum Gasteiger partial charge on any atom is -0.475 e. The minimum absolute atomic E-state index is 0.0910. The van der Waals surface area contributed by atoms with Gasteiger partial charge >= 0.3 is 0 Å². The van der Waals surface area contributed by atoms with Crippen LogP contribution in [-0.2, 0) is 0 Å². The Kier molecular flexibility index (Phi) is 6.10. The first-order valence-electron chi connectivity index (χ1n) is 9.46. The highest BCUT2D eigenvalue weighted by atomic mass is 16.5. The molecule has 1 aliphatic heterocycles. The number of piperidine rings is 1. The summed E-state index contributed by atoms with van der Waals surface area (Å²) in [6, 6.07) is 13.2. The first kappa shape index (κ1) is 18.2. The Morgan fingerprint density at radius 3 is 2.69 bits per heavy atom. The van der Waals surface area contributed by atoms with Crippen molar-refractivity contribution in [3.8, 4) is 5.88 Å². The van der Waals surface area contributed by atoms with Crippen molar-refractivity contribution in [2.75, 3.05) is 23.3 Å². The second kappa shape index (κ2) is 8.70. The van der Waals surface area contributed by atoms with Gasteiger partial charge in [-0.15, -0.1) is 0 Å². The molecule has 1 unspecified atom stereocenters. The molecule has 1 saturated heterocycles. The Morgan fingerprint density at radius 2 is 1.92 bits per heavy atom. The van der Waals surface area contributed by atoms with E-state index in [9.17, 15) is 4.79 Å². The van der Waals surface area contributed by atoms with Crippen LogP contribution in [0.3, 0.4) is 0 Å². The first-order valence-corrected chi connectivity index (χ1v) is 9.46. The summed E-state index contributed by atoms with van der Waals surface area (Å²) < 4.78 is 5.74. The van der Waals surface area contributed by atoms with Crippen molar-refractivity contribution < 1.29 is 9.53 Å². The zero-order valence-electron chi connectivity index (χ0n) is 15.6. The Labute approximate surface area is 155 Å². The van der Waals surface area contributed by atoms with E-state index in [4.69, 9.17) is 4.74 Å². The molecule has 5 heteroatoms. The van der Waals surface area contributed by atoms with Crippen molar-refractivity contribution in [3.05, 3.63) is 48.0 Å². The zero-order valence-corrected chi connectivity index (χ0v) is 15.6. The standard InChI is InChI=1S/C21H27N3O2/c1-3-16(2)26-20-13-9-12-19(22-20)23-21(25)17-10-5-6-11-18(17)24-14-7-4-8-15-24/h5-6,9-13,16H,3-4,7-8,14-15H2,1-2H3,(H,22,23,25). The SMILES string of the molecule is CCC(C)Oc1cccc(NC(=O)c2ccccc2N2CCCCC2)n1. The number of ether oxygens (including phenoxy) is 1. The Hall–Kier alpha value is -2.56. The van der Waals surface area contributed by atoms with Crippen LogP contribution in [-0.4, -0.2) is 30.1 Å². The molecule has 1 aliphatic rings. The molecule has 1 atom stereocenters. The second-order valence-corrected chi connectivity index (χ2v) is 6.72. The van der Waals surface area contributed by atoms with Crippen LogP contribution in [0.2, 0.25) is 0 Å². The predicted molar refractivity (Wildman–Crippen MR) is 105 cm³/mol. The van der Waals surface area contributed by atoms with E-state index >= 15 is 0 Å². The fourth-order valence-corrected chi connectivity index (χ4v) is 3.10. The molecule has 0 bridgehead atoms. The third kappa shape index (κ3) is 4.54. The largest absolute Gasteiger partial charge is 0.475 e. The van der Waals surface area contributed by atoms with Gasteiger partial charge in [-0.25, -0.2) is 0 Å². The number of benzene rings is 1. The first-order chi connectivity index (χ1) is 12.7. The van der Waals surface area contributed by atoms with E-state index in [0.717, 1.165) is 25.2 Å². The number of aromatic nitrogens is 1. The highest BCUT2D eigenvalue weighted by Crippen LogP contribution is 2.25. The summed E-state index contributed by atoms with van der Waals surface area (Å²) in [5, 5.41) is 2.91. The molecule has 0 aliphatic carbocycles. The summed E-state index contributed by atoms with van der Waals surface area (Å²) in [5.41, 5.74) is 1.68. The quantitative estimate of drug-likeness (QED) is 0.831. The fourth-order valence-electron chi connectivity index (χ4n) is 3.10. The van der Waals surface area contributed by atoms with Crippen LogP contribution >= 0.6 is 0 Å². The third-order valence-corrected chi connectivity index (χ3v) is 4.71. The van der Waals surface area contributed by atoms with Gasteiger partial charge in [0.25, 0.3) is 5.91 Å². The number of pyridine rings is 1. The molecule has 2 heterocycles. The monoisotopic (exact) mass is 353 g/mol. The second-order valence-electron chi connectivity index (χ2n) is 6.72. The molecule has 1 aromatic carbocycles. The molecule has 0 saturated carbocycles. The number of hydrogen-bond acceptors (Lipinski definition) is 4. The summed E-state index contributed by atoms with van der Waals surface area (Å²) in [5.74, 6) is 0.894. The number of nitrogens with one attached hydrogen (secondary N) is 1. The fraction of sp³-hybridized carbons (Fsp3) is 0.429. The van der Waals surface area contributed by atoms with E-state index in [2.05, 4.69) is 22.1 Å². The number of nitrogens with zero attached hydrogens (tertiary/aromatic N) is 2. The molecule has 1 amide bonds. The number of rotatable bonds is 6. The van der Waals surface area contributed by atoms with E-state index in [1.807, 2.05) is 43.3 Å². The maximum Gasteiger partial charge on any atom is 0.258 e. The van der Waals surface area contributed by atoms with Crippen LogP contribution in [0, 0.1) is 0 Å². The maximum absolute atomic E-state index is 12.8. The van der Waals surface area contributed by atoms with E-state index < -0.39 is 0 Å². The Morgan fingerprint density at radius 1 is 1.15 bits per heavy atom. The van der Waals surface area contributed by atoms with Gasteiger partial charge < -0.3 is 15.0 Å². The molecular formula is C21H27N3O2. The number of carbonyl (C=O) groups excluding carboxylic acids is 1. The molecular weight excluding hydrogens is 326 g/mol. The lowest BCUT2D eigenvalue weighted by molar-refractivity contribution is 0.102. The third-order valence-electron chi connectivity index (χ3n) is 4.71. The van der Waals surface area contributed by atoms with Crippen LogP contribution in [0.4, 0.5) is 11.5 Å². The summed E-state index contributed by atoms with van der Waals surface area (Å²) in [6.45, 7) is 6.07. The Bertz CT molecular complexity index is 742. The molecule has 26 heavy (non-hydrogen) atoms. The van der Waals surface area contributed by atoms with Crippen LogP contribution < -0.4 is 15.0 Å². The topological polar surface area (TPSA) is 54.5 Å². The molecule has 1 aromatic heterocycles. The number of amides is 1. The van der Waals surface area contributed by atoms with Gasteiger partial charge in [-0.3, -0.25) is 4.79 Å². The molecule has 0 radical (unpaired) electrons. The van der Waals surface area contributed by atoms with E-state index in [1.165, 1.54) is 19.3 Å². The van der Waals surface area contributed by atoms with Crippen molar-refractivity contribution in [1.82, 2.24) is 4.98 Å². The van der Waals surface area contributed by atoms with Gasteiger partial charge in [-0.2, -0.15) is 4.98 Å². The normalized spacial score (nSPS) is 15.4. The van der Waals surface area contributed by atoms with E-state index in [1.54, 1.807) is 6.07 Å². The van der Waals surface area contributed by atoms with Crippen molar-refractivity contribution >= 4 is 17.4 Å². The molecule has 0 spiro atoms. The van der Waals surface area contributed by atoms with Gasteiger partial charge in [-0.05, 0) is 50.8 Å². The molecule has 3 rings (SSSR count). The summed E-state index contributed by atoms with van der Waals surface area (Å²) in [4.78, 5) is 19.5. The molecule has 5 nitrogen and oxygen atoms in total. The highest BCUT2D eigenvalue weighted by molar-refractivity contribution is 6.07. The van der Waals surface area contributed by atoms with E-state index in [0.29, 0.717) is 17.3 Å². The van der Waals surface area contributed by atoms with Gasteiger partial charge in [0.1, 0.15) is 5.82 Å². The summed E-state index contributed by atoms with van der Waals surface area (Å²) in [6.07, 6.45) is 4.60. The lowest BCUT2D eigenvalue weighted by atomic mass is 10.1. The van der Waals surface area contributed by atoms with Crippen molar-refractivity contribution in [2.24, 2.45) is 0 Å². The summed E-state index contributed by atoms with van der Waals surface area (Å²) >= 11 is 0. The average molecular weight is 353 g/mol. The number of anilines is 2. The molecule has 138 valence electrons. The lowest BCUT2D eigenvalue weighted by Gasteiger charge is -2.30. The van der Waals surface area contributed by atoms with Crippen molar-refractivity contribution in [1.29, 1.82) is 0 Å². The lowest BCUT2D eigenvalue weighted by Crippen LogP contribution is -2.31. The van der Waals surface area contributed by atoms with Crippen LogP contribution in [0.5, 0.6) is 5.88 Å². The number of carbonyl (C=O) groups is 1. The van der Waals surface area contributed by atoms with Gasteiger partial charge in [0, 0.05) is 24.8 Å². The smallest absolute Gasteiger partial charge is 0.258 e. The van der Waals surface area contributed by atoms with Crippen molar-refractivity contribution in [2.45, 2.75) is 45.6 Å². The molecule has 1 fully saturated rings. The minimum atomic E-state index is -0.139. The molecule has 1 N–H and O–H groups in total.